The minimum atomic E-state index is 0.162. The molecule has 0 bridgehead atoms. The first kappa shape index (κ1) is 15.8. The van der Waals surface area contributed by atoms with Crippen molar-refractivity contribution < 1.29 is 5.21 Å². The lowest BCUT2D eigenvalue weighted by Crippen LogP contribution is -2.48. The zero-order valence-corrected chi connectivity index (χ0v) is 13.2. The Bertz CT molecular complexity index is 505. The first-order chi connectivity index (χ1) is 10.0. The monoisotopic (exact) mass is 290 g/mol. The van der Waals surface area contributed by atoms with Gasteiger partial charge in [-0.15, -0.1) is 0 Å². The molecule has 0 aromatic heterocycles. The summed E-state index contributed by atoms with van der Waals surface area (Å²) in [6.07, 6.45) is 0. The number of aryl methyl sites for hydroxylation is 1. The van der Waals surface area contributed by atoms with Crippen molar-refractivity contribution >= 4 is 5.84 Å². The maximum atomic E-state index is 8.73. The molecule has 2 rings (SSSR count). The number of benzene rings is 1. The molecule has 1 fully saturated rings. The third-order valence-corrected chi connectivity index (χ3v) is 4.28. The number of rotatable bonds is 4. The molecule has 116 valence electrons. The minimum absolute atomic E-state index is 0.162. The SMILES string of the molecule is Cc1cc(/C(N)=N/O)ccc1CN1CCN(C(C)C)CC1. The van der Waals surface area contributed by atoms with Crippen LogP contribution in [-0.2, 0) is 6.54 Å². The fourth-order valence-electron chi connectivity index (χ4n) is 2.77. The zero-order chi connectivity index (χ0) is 15.4. The minimum Gasteiger partial charge on any atom is -0.409 e. The number of hydrogen-bond donors (Lipinski definition) is 2. The molecular weight excluding hydrogens is 264 g/mol. The maximum absolute atomic E-state index is 8.73. The lowest BCUT2D eigenvalue weighted by atomic mass is 10.0. The van der Waals surface area contributed by atoms with E-state index in [1.54, 1.807) is 0 Å². The van der Waals surface area contributed by atoms with Gasteiger partial charge in [-0.25, -0.2) is 0 Å². The van der Waals surface area contributed by atoms with Crippen LogP contribution in [-0.4, -0.2) is 53.1 Å². The van der Waals surface area contributed by atoms with Crippen molar-refractivity contribution in [2.24, 2.45) is 10.9 Å². The van der Waals surface area contributed by atoms with Gasteiger partial charge in [0.05, 0.1) is 0 Å². The van der Waals surface area contributed by atoms with Crippen LogP contribution in [0.5, 0.6) is 0 Å². The van der Waals surface area contributed by atoms with Gasteiger partial charge in [0.1, 0.15) is 0 Å². The zero-order valence-electron chi connectivity index (χ0n) is 13.2. The highest BCUT2D eigenvalue weighted by atomic mass is 16.4. The summed E-state index contributed by atoms with van der Waals surface area (Å²) >= 11 is 0. The van der Waals surface area contributed by atoms with Crippen molar-refractivity contribution in [2.75, 3.05) is 26.2 Å². The number of nitrogens with zero attached hydrogens (tertiary/aromatic N) is 3. The Kier molecular flexibility index (Phi) is 5.20. The van der Waals surface area contributed by atoms with E-state index in [0.717, 1.165) is 38.3 Å². The molecule has 0 radical (unpaired) electrons. The number of oxime groups is 1. The van der Waals surface area contributed by atoms with E-state index in [-0.39, 0.29) is 5.84 Å². The molecule has 21 heavy (non-hydrogen) atoms. The van der Waals surface area contributed by atoms with Gasteiger partial charge in [0.25, 0.3) is 0 Å². The number of nitrogens with two attached hydrogens (primary N) is 1. The summed E-state index contributed by atoms with van der Waals surface area (Å²) in [4.78, 5) is 5.01. The molecule has 0 amide bonds. The predicted molar refractivity (Wildman–Crippen MR) is 85.7 cm³/mol. The highest BCUT2D eigenvalue weighted by molar-refractivity contribution is 5.97. The molecule has 3 N–H and O–H groups in total. The number of hydrogen-bond acceptors (Lipinski definition) is 4. The van der Waals surface area contributed by atoms with Gasteiger partial charge in [0.2, 0.25) is 0 Å². The molecule has 0 atom stereocenters. The molecule has 0 saturated carbocycles. The van der Waals surface area contributed by atoms with Crippen LogP contribution in [0.15, 0.2) is 23.4 Å². The summed E-state index contributed by atoms with van der Waals surface area (Å²) in [6.45, 7) is 12.1. The third kappa shape index (κ3) is 3.95. The van der Waals surface area contributed by atoms with Crippen LogP contribution < -0.4 is 5.73 Å². The van der Waals surface area contributed by atoms with E-state index in [1.807, 2.05) is 12.1 Å². The van der Waals surface area contributed by atoms with Crippen molar-refractivity contribution in [1.82, 2.24) is 9.80 Å². The Morgan fingerprint density at radius 3 is 2.48 bits per heavy atom. The van der Waals surface area contributed by atoms with Crippen molar-refractivity contribution in [2.45, 2.75) is 33.4 Å². The Labute approximate surface area is 127 Å². The standard InChI is InChI=1S/C16H26N4O/c1-12(2)20-8-6-19(7-9-20)11-15-5-4-14(10-13(15)3)16(17)18-21/h4-5,10,12,21H,6-9,11H2,1-3H3,(H2,17,18). The van der Waals surface area contributed by atoms with Crippen LogP contribution in [0.1, 0.15) is 30.5 Å². The summed E-state index contributed by atoms with van der Waals surface area (Å²) in [5.74, 6) is 0.162. The summed E-state index contributed by atoms with van der Waals surface area (Å²) in [5, 5.41) is 11.8. The van der Waals surface area contributed by atoms with Gasteiger partial charge in [0.15, 0.2) is 5.84 Å². The summed E-state index contributed by atoms with van der Waals surface area (Å²) in [6, 6.07) is 6.61. The van der Waals surface area contributed by atoms with Gasteiger partial charge in [-0.2, -0.15) is 0 Å². The normalized spacial score (nSPS) is 18.4. The van der Waals surface area contributed by atoms with Crippen molar-refractivity contribution in [3.05, 3.63) is 34.9 Å². The Balaban J connectivity index is 1.98. The number of amidine groups is 1. The molecule has 0 unspecified atom stereocenters. The van der Waals surface area contributed by atoms with Gasteiger partial charge in [-0.3, -0.25) is 9.80 Å². The van der Waals surface area contributed by atoms with E-state index in [2.05, 4.69) is 41.8 Å². The van der Waals surface area contributed by atoms with E-state index >= 15 is 0 Å². The lowest BCUT2D eigenvalue weighted by molar-refractivity contribution is 0.104. The highest BCUT2D eigenvalue weighted by Gasteiger charge is 2.19. The highest BCUT2D eigenvalue weighted by Crippen LogP contribution is 2.15. The third-order valence-electron chi connectivity index (χ3n) is 4.28. The second-order valence-electron chi connectivity index (χ2n) is 6.03. The predicted octanol–water partition coefficient (Wildman–Crippen LogP) is 1.62. The fourth-order valence-corrected chi connectivity index (χ4v) is 2.77. The van der Waals surface area contributed by atoms with E-state index in [1.165, 1.54) is 11.1 Å². The van der Waals surface area contributed by atoms with Crippen molar-refractivity contribution in [3.8, 4) is 0 Å². The summed E-state index contributed by atoms with van der Waals surface area (Å²) < 4.78 is 0. The van der Waals surface area contributed by atoms with Crippen molar-refractivity contribution in [3.63, 3.8) is 0 Å². The Hall–Kier alpha value is -1.59. The average Bonchev–Trinajstić information content (AvgIpc) is 2.49. The second kappa shape index (κ2) is 6.91. The van der Waals surface area contributed by atoms with Crippen LogP contribution in [0.3, 0.4) is 0 Å². The Morgan fingerprint density at radius 1 is 1.29 bits per heavy atom. The van der Waals surface area contributed by atoms with Crippen LogP contribution in [0.2, 0.25) is 0 Å². The molecule has 1 heterocycles. The maximum Gasteiger partial charge on any atom is 0.170 e. The van der Waals surface area contributed by atoms with E-state index < -0.39 is 0 Å². The summed E-state index contributed by atoms with van der Waals surface area (Å²) in [5.41, 5.74) is 8.89. The molecule has 1 aromatic rings. The average molecular weight is 290 g/mol. The van der Waals surface area contributed by atoms with Crippen molar-refractivity contribution in [1.29, 1.82) is 0 Å². The quantitative estimate of drug-likeness (QED) is 0.383. The molecule has 1 saturated heterocycles. The van der Waals surface area contributed by atoms with E-state index in [0.29, 0.717) is 6.04 Å². The van der Waals surface area contributed by atoms with Gasteiger partial charge in [0, 0.05) is 44.3 Å². The van der Waals surface area contributed by atoms with E-state index in [9.17, 15) is 0 Å². The molecule has 0 aliphatic carbocycles. The topological polar surface area (TPSA) is 65.1 Å². The van der Waals surface area contributed by atoms with Crippen LogP contribution in [0.25, 0.3) is 0 Å². The van der Waals surface area contributed by atoms with Gasteiger partial charge in [-0.05, 0) is 38.0 Å². The van der Waals surface area contributed by atoms with E-state index in [4.69, 9.17) is 10.9 Å². The molecule has 1 aliphatic heterocycles. The molecule has 1 aromatic carbocycles. The molecule has 5 nitrogen and oxygen atoms in total. The first-order valence-electron chi connectivity index (χ1n) is 7.55. The molecule has 5 heteroatoms. The second-order valence-corrected chi connectivity index (χ2v) is 6.03. The number of piperazine rings is 1. The van der Waals surface area contributed by atoms with Crippen LogP contribution in [0.4, 0.5) is 0 Å². The van der Waals surface area contributed by atoms with Gasteiger partial charge < -0.3 is 10.9 Å². The molecule has 1 aliphatic rings. The van der Waals surface area contributed by atoms with Gasteiger partial charge >= 0.3 is 0 Å². The first-order valence-corrected chi connectivity index (χ1v) is 7.55. The summed E-state index contributed by atoms with van der Waals surface area (Å²) in [7, 11) is 0. The smallest absolute Gasteiger partial charge is 0.170 e. The van der Waals surface area contributed by atoms with Crippen LogP contribution in [0, 0.1) is 6.92 Å². The molecule has 0 spiro atoms. The van der Waals surface area contributed by atoms with Crippen LogP contribution >= 0.6 is 0 Å². The largest absolute Gasteiger partial charge is 0.409 e. The Morgan fingerprint density at radius 2 is 1.95 bits per heavy atom. The van der Waals surface area contributed by atoms with Gasteiger partial charge in [-0.1, -0.05) is 17.3 Å². The molecular formula is C16H26N4O. The lowest BCUT2D eigenvalue weighted by Gasteiger charge is -2.37. The fraction of sp³-hybridized carbons (Fsp3) is 0.562.